The van der Waals surface area contributed by atoms with Crippen molar-refractivity contribution in [2.45, 2.75) is 26.7 Å². The Morgan fingerprint density at radius 1 is 1.04 bits per heavy atom. The normalized spacial score (nSPS) is 14.7. The summed E-state index contributed by atoms with van der Waals surface area (Å²) < 4.78 is 5.75. The van der Waals surface area contributed by atoms with Gasteiger partial charge in [-0.25, -0.2) is 0 Å². The highest BCUT2D eigenvalue weighted by molar-refractivity contribution is 7.08. The highest BCUT2D eigenvalue weighted by atomic mass is 32.1. The molecule has 1 aromatic heterocycles. The first-order chi connectivity index (χ1) is 13.0. The molecule has 1 aliphatic rings. The Morgan fingerprint density at radius 3 is 2.48 bits per heavy atom. The van der Waals surface area contributed by atoms with Gasteiger partial charge in [-0.3, -0.25) is 9.59 Å². The molecule has 0 N–H and O–H groups in total. The standard InChI is InChI=1S/C21H26N2O3S/c1-16-5-3-6-19(17(16)2)26-14-21(25)23-9-4-8-22(10-11-23)20(24)13-18-7-12-27-15-18/h3,5-7,12,15H,4,8-11,13-14H2,1-2H3. The summed E-state index contributed by atoms with van der Waals surface area (Å²) >= 11 is 1.60. The number of rotatable bonds is 5. The molecule has 0 radical (unpaired) electrons. The van der Waals surface area contributed by atoms with Crippen LogP contribution < -0.4 is 4.74 Å². The summed E-state index contributed by atoms with van der Waals surface area (Å²) in [5.74, 6) is 0.864. The van der Waals surface area contributed by atoms with Gasteiger partial charge in [0.1, 0.15) is 5.75 Å². The molecular weight excluding hydrogens is 360 g/mol. The fourth-order valence-corrected chi connectivity index (χ4v) is 3.88. The third-order valence-electron chi connectivity index (χ3n) is 5.04. The largest absolute Gasteiger partial charge is 0.483 e. The van der Waals surface area contributed by atoms with Gasteiger partial charge in [-0.05, 0) is 59.9 Å². The number of thiophene rings is 1. The van der Waals surface area contributed by atoms with Gasteiger partial charge >= 0.3 is 0 Å². The van der Waals surface area contributed by atoms with E-state index in [4.69, 9.17) is 4.74 Å². The molecule has 144 valence electrons. The van der Waals surface area contributed by atoms with E-state index in [9.17, 15) is 9.59 Å². The van der Waals surface area contributed by atoms with Gasteiger partial charge in [-0.2, -0.15) is 11.3 Å². The van der Waals surface area contributed by atoms with Crippen molar-refractivity contribution >= 4 is 23.2 Å². The van der Waals surface area contributed by atoms with Gasteiger partial charge in [0.25, 0.3) is 5.91 Å². The van der Waals surface area contributed by atoms with E-state index in [0.717, 1.165) is 28.9 Å². The number of carbonyl (C=O) groups excluding carboxylic acids is 2. The number of aryl methyl sites for hydroxylation is 1. The van der Waals surface area contributed by atoms with Crippen LogP contribution in [0.25, 0.3) is 0 Å². The number of hydrogen-bond acceptors (Lipinski definition) is 4. The number of hydrogen-bond donors (Lipinski definition) is 0. The highest BCUT2D eigenvalue weighted by Gasteiger charge is 2.22. The zero-order valence-electron chi connectivity index (χ0n) is 15.9. The monoisotopic (exact) mass is 386 g/mol. The van der Waals surface area contributed by atoms with Gasteiger partial charge in [0.2, 0.25) is 5.91 Å². The van der Waals surface area contributed by atoms with Crippen molar-refractivity contribution in [2.24, 2.45) is 0 Å². The molecule has 3 rings (SSSR count). The fraction of sp³-hybridized carbons (Fsp3) is 0.429. The zero-order chi connectivity index (χ0) is 19.2. The van der Waals surface area contributed by atoms with Crippen LogP contribution in [-0.4, -0.2) is 54.4 Å². The van der Waals surface area contributed by atoms with Crippen molar-refractivity contribution in [3.63, 3.8) is 0 Å². The van der Waals surface area contributed by atoms with Crippen LogP contribution in [0.5, 0.6) is 5.75 Å². The van der Waals surface area contributed by atoms with Crippen LogP contribution in [0.15, 0.2) is 35.0 Å². The second-order valence-corrected chi connectivity index (χ2v) is 7.69. The summed E-state index contributed by atoms with van der Waals surface area (Å²) in [4.78, 5) is 28.7. The summed E-state index contributed by atoms with van der Waals surface area (Å²) in [6.45, 7) is 6.57. The van der Waals surface area contributed by atoms with Crippen molar-refractivity contribution in [3.8, 4) is 5.75 Å². The molecule has 1 aliphatic heterocycles. The summed E-state index contributed by atoms with van der Waals surface area (Å²) in [5, 5.41) is 4.00. The van der Waals surface area contributed by atoms with Crippen LogP contribution in [0.1, 0.15) is 23.1 Å². The molecule has 0 saturated carbocycles. The smallest absolute Gasteiger partial charge is 0.260 e. The molecule has 5 nitrogen and oxygen atoms in total. The molecule has 2 amide bonds. The average molecular weight is 387 g/mol. The van der Waals surface area contributed by atoms with Crippen molar-refractivity contribution in [1.29, 1.82) is 0 Å². The first-order valence-electron chi connectivity index (χ1n) is 9.30. The zero-order valence-corrected chi connectivity index (χ0v) is 16.8. The Labute approximate surface area is 164 Å². The SMILES string of the molecule is Cc1cccc(OCC(=O)N2CCCN(C(=O)Cc3ccsc3)CC2)c1C. The number of amides is 2. The Balaban J connectivity index is 1.50. The van der Waals surface area contributed by atoms with E-state index < -0.39 is 0 Å². The Morgan fingerprint density at radius 2 is 1.78 bits per heavy atom. The highest BCUT2D eigenvalue weighted by Crippen LogP contribution is 2.20. The molecule has 27 heavy (non-hydrogen) atoms. The van der Waals surface area contributed by atoms with Crippen LogP contribution >= 0.6 is 11.3 Å². The molecule has 2 aromatic rings. The van der Waals surface area contributed by atoms with E-state index in [1.54, 1.807) is 11.3 Å². The molecule has 0 spiro atoms. The Bertz CT molecular complexity index is 789. The minimum atomic E-state index is -0.0250. The first kappa shape index (κ1) is 19.4. The van der Waals surface area contributed by atoms with Crippen LogP contribution in [-0.2, 0) is 16.0 Å². The van der Waals surface area contributed by atoms with Gasteiger partial charge in [-0.1, -0.05) is 12.1 Å². The quantitative estimate of drug-likeness (QED) is 0.794. The van der Waals surface area contributed by atoms with E-state index >= 15 is 0 Å². The lowest BCUT2D eigenvalue weighted by Crippen LogP contribution is -2.39. The number of ether oxygens (including phenoxy) is 1. The summed E-state index contributed by atoms with van der Waals surface area (Å²) in [7, 11) is 0. The lowest BCUT2D eigenvalue weighted by Gasteiger charge is -2.22. The Hall–Kier alpha value is -2.34. The van der Waals surface area contributed by atoms with Gasteiger partial charge < -0.3 is 14.5 Å². The van der Waals surface area contributed by atoms with Gasteiger partial charge in [0.05, 0.1) is 6.42 Å². The van der Waals surface area contributed by atoms with Crippen LogP contribution in [0.4, 0.5) is 0 Å². The van der Waals surface area contributed by atoms with Gasteiger partial charge in [-0.15, -0.1) is 0 Å². The van der Waals surface area contributed by atoms with E-state index in [1.807, 2.05) is 58.7 Å². The van der Waals surface area contributed by atoms with Crippen molar-refractivity contribution in [1.82, 2.24) is 9.80 Å². The molecule has 0 aliphatic carbocycles. The van der Waals surface area contributed by atoms with Crippen LogP contribution in [0.2, 0.25) is 0 Å². The Kier molecular flexibility index (Phi) is 6.50. The minimum Gasteiger partial charge on any atom is -0.483 e. The van der Waals surface area contributed by atoms with Crippen molar-refractivity contribution in [3.05, 3.63) is 51.7 Å². The second kappa shape index (κ2) is 9.04. The molecule has 6 heteroatoms. The molecule has 0 atom stereocenters. The lowest BCUT2D eigenvalue weighted by atomic mass is 10.1. The van der Waals surface area contributed by atoms with Crippen LogP contribution in [0, 0.1) is 13.8 Å². The number of benzene rings is 1. The summed E-state index contributed by atoms with van der Waals surface area (Å²) in [5.41, 5.74) is 3.27. The molecule has 1 aromatic carbocycles. The summed E-state index contributed by atoms with van der Waals surface area (Å²) in [6, 6.07) is 7.84. The first-order valence-corrected chi connectivity index (χ1v) is 10.2. The third kappa shape index (κ3) is 5.10. The predicted molar refractivity (Wildman–Crippen MR) is 107 cm³/mol. The van der Waals surface area contributed by atoms with E-state index in [1.165, 1.54) is 0 Å². The maximum Gasteiger partial charge on any atom is 0.260 e. The van der Waals surface area contributed by atoms with E-state index in [0.29, 0.717) is 32.6 Å². The average Bonchev–Trinajstić information content (AvgIpc) is 3.03. The lowest BCUT2D eigenvalue weighted by molar-refractivity contribution is -0.134. The molecule has 1 fully saturated rings. The molecule has 2 heterocycles. The number of nitrogens with zero attached hydrogens (tertiary/aromatic N) is 2. The van der Waals surface area contributed by atoms with Crippen molar-refractivity contribution in [2.75, 3.05) is 32.8 Å². The number of carbonyl (C=O) groups is 2. The third-order valence-corrected chi connectivity index (χ3v) is 5.77. The maximum absolute atomic E-state index is 12.6. The maximum atomic E-state index is 12.6. The second-order valence-electron chi connectivity index (χ2n) is 6.91. The topological polar surface area (TPSA) is 49.9 Å². The van der Waals surface area contributed by atoms with Gasteiger partial charge in [0.15, 0.2) is 6.61 Å². The van der Waals surface area contributed by atoms with E-state index in [-0.39, 0.29) is 18.4 Å². The van der Waals surface area contributed by atoms with E-state index in [2.05, 4.69) is 0 Å². The fourth-order valence-electron chi connectivity index (χ4n) is 3.21. The van der Waals surface area contributed by atoms with Crippen LogP contribution in [0.3, 0.4) is 0 Å². The molecule has 1 saturated heterocycles. The van der Waals surface area contributed by atoms with Crippen molar-refractivity contribution < 1.29 is 14.3 Å². The molecular formula is C21H26N2O3S. The predicted octanol–water partition coefficient (Wildman–Crippen LogP) is 3.05. The minimum absolute atomic E-state index is 0.0250. The van der Waals surface area contributed by atoms with Gasteiger partial charge in [0, 0.05) is 26.2 Å². The summed E-state index contributed by atoms with van der Waals surface area (Å²) in [6.07, 6.45) is 1.23. The molecule has 0 bridgehead atoms. The molecule has 0 unspecified atom stereocenters.